The average Bonchev–Trinajstić information content (AvgIpc) is 3.61. The topological polar surface area (TPSA) is 95.9 Å². The molecule has 3 rings (SSSR count). The molecule has 0 bridgehead atoms. The summed E-state index contributed by atoms with van der Waals surface area (Å²) in [5, 5.41) is 11.6. The van der Waals surface area contributed by atoms with E-state index in [1.807, 2.05) is 0 Å². The van der Waals surface area contributed by atoms with Crippen molar-refractivity contribution < 1.29 is 37.4 Å². The standard InChI is InChI=1S/C24H31F3N2O5/c1-14(34-13-20(18-5-6-18)24(25,26)27)21(28-15(2)30)22(31)29-11-9-17(10-12-29)16-3-7-19(8-4-16)23(32)33/h3-4,7-8,14,17-18,20-21H,5-6,9-13H2,1-2H3,(H,28,30)(H,32,33)/t14-,20?,21+/m1/s1. The summed E-state index contributed by atoms with van der Waals surface area (Å²) in [5.41, 5.74) is 1.20. The number of ether oxygens (including phenoxy) is 1. The number of carbonyl (C=O) groups excluding carboxylic acids is 2. The van der Waals surface area contributed by atoms with Gasteiger partial charge in [0.05, 0.1) is 24.2 Å². The third-order valence-corrected chi connectivity index (χ3v) is 6.68. The molecule has 1 heterocycles. The summed E-state index contributed by atoms with van der Waals surface area (Å²) in [4.78, 5) is 37.5. The summed E-state index contributed by atoms with van der Waals surface area (Å²) >= 11 is 0. The number of alkyl halides is 3. The monoisotopic (exact) mass is 484 g/mol. The van der Waals surface area contributed by atoms with Gasteiger partial charge in [0.1, 0.15) is 6.04 Å². The Morgan fingerprint density at radius 2 is 1.71 bits per heavy atom. The minimum absolute atomic E-state index is 0.158. The molecule has 188 valence electrons. The van der Waals surface area contributed by atoms with Gasteiger partial charge in [0.2, 0.25) is 11.8 Å². The summed E-state index contributed by atoms with van der Waals surface area (Å²) in [5.74, 6) is -3.68. The molecule has 2 fully saturated rings. The number of rotatable bonds is 9. The fourth-order valence-electron chi connectivity index (χ4n) is 4.47. The van der Waals surface area contributed by atoms with Crippen LogP contribution in [0, 0.1) is 11.8 Å². The zero-order valence-electron chi connectivity index (χ0n) is 19.3. The maximum atomic E-state index is 13.3. The molecule has 0 spiro atoms. The van der Waals surface area contributed by atoms with Crippen molar-refractivity contribution >= 4 is 17.8 Å². The summed E-state index contributed by atoms with van der Waals surface area (Å²) in [6.07, 6.45) is -2.94. The van der Waals surface area contributed by atoms with Gasteiger partial charge in [0, 0.05) is 20.0 Å². The van der Waals surface area contributed by atoms with Crippen LogP contribution in [0.4, 0.5) is 13.2 Å². The first-order valence-corrected chi connectivity index (χ1v) is 11.5. The van der Waals surface area contributed by atoms with E-state index in [9.17, 15) is 27.6 Å². The molecule has 1 aromatic rings. The van der Waals surface area contributed by atoms with E-state index in [0.717, 1.165) is 5.56 Å². The van der Waals surface area contributed by atoms with Gasteiger partial charge in [0.25, 0.3) is 0 Å². The van der Waals surface area contributed by atoms with E-state index in [1.165, 1.54) is 13.8 Å². The molecule has 1 aliphatic carbocycles. The molecule has 3 atom stereocenters. The van der Waals surface area contributed by atoms with Gasteiger partial charge >= 0.3 is 12.1 Å². The van der Waals surface area contributed by atoms with Gasteiger partial charge in [-0.1, -0.05) is 12.1 Å². The number of likely N-dealkylation sites (tertiary alicyclic amines) is 1. The Bertz CT molecular complexity index is 878. The number of piperidine rings is 1. The van der Waals surface area contributed by atoms with Gasteiger partial charge in [-0.05, 0) is 62.1 Å². The summed E-state index contributed by atoms with van der Waals surface area (Å²) in [6, 6.07) is 5.59. The van der Waals surface area contributed by atoms with Crippen molar-refractivity contribution in [3.05, 3.63) is 35.4 Å². The highest BCUT2D eigenvalue weighted by atomic mass is 19.4. The minimum atomic E-state index is -4.36. The van der Waals surface area contributed by atoms with Crippen LogP contribution in [0.5, 0.6) is 0 Å². The minimum Gasteiger partial charge on any atom is -0.478 e. The third-order valence-electron chi connectivity index (χ3n) is 6.68. The molecule has 1 aromatic carbocycles. The number of amides is 2. The second-order valence-corrected chi connectivity index (χ2v) is 9.23. The van der Waals surface area contributed by atoms with Crippen LogP contribution in [0.3, 0.4) is 0 Å². The Kier molecular flexibility index (Phi) is 8.22. The van der Waals surface area contributed by atoms with Gasteiger partial charge in [-0.25, -0.2) is 4.79 Å². The number of nitrogens with one attached hydrogen (secondary N) is 1. The van der Waals surface area contributed by atoms with Crippen LogP contribution in [0.25, 0.3) is 0 Å². The number of benzene rings is 1. The third kappa shape index (κ3) is 6.71. The second-order valence-electron chi connectivity index (χ2n) is 9.23. The number of halogens is 3. The fourth-order valence-corrected chi connectivity index (χ4v) is 4.47. The number of carboxylic acids is 1. The predicted molar refractivity (Wildman–Crippen MR) is 117 cm³/mol. The molecular weight excluding hydrogens is 453 g/mol. The van der Waals surface area contributed by atoms with E-state index in [4.69, 9.17) is 9.84 Å². The molecule has 1 saturated carbocycles. The van der Waals surface area contributed by atoms with Crippen LogP contribution in [0.2, 0.25) is 0 Å². The van der Waals surface area contributed by atoms with E-state index in [2.05, 4.69) is 5.32 Å². The van der Waals surface area contributed by atoms with Gasteiger partial charge in [-0.2, -0.15) is 13.2 Å². The molecule has 1 saturated heterocycles. The normalized spacial score (nSPS) is 19.9. The van der Waals surface area contributed by atoms with Crippen LogP contribution in [-0.2, 0) is 14.3 Å². The lowest BCUT2D eigenvalue weighted by atomic mass is 9.88. The van der Waals surface area contributed by atoms with Crippen LogP contribution in [0.1, 0.15) is 61.4 Å². The van der Waals surface area contributed by atoms with Crippen LogP contribution in [0.15, 0.2) is 24.3 Å². The molecule has 0 aromatic heterocycles. The van der Waals surface area contributed by atoms with Crippen molar-refractivity contribution in [3.8, 4) is 0 Å². The highest BCUT2D eigenvalue weighted by Crippen LogP contribution is 2.45. The highest BCUT2D eigenvalue weighted by Gasteiger charge is 2.49. The number of hydrogen-bond donors (Lipinski definition) is 2. The number of nitrogens with zero attached hydrogens (tertiary/aromatic N) is 1. The lowest BCUT2D eigenvalue weighted by molar-refractivity contribution is -0.199. The average molecular weight is 485 g/mol. The summed E-state index contributed by atoms with van der Waals surface area (Å²) in [7, 11) is 0. The molecule has 34 heavy (non-hydrogen) atoms. The smallest absolute Gasteiger partial charge is 0.394 e. The number of carbonyl (C=O) groups is 3. The fraction of sp³-hybridized carbons (Fsp3) is 0.625. The van der Waals surface area contributed by atoms with E-state index < -0.39 is 48.6 Å². The quantitative estimate of drug-likeness (QED) is 0.559. The van der Waals surface area contributed by atoms with Crippen molar-refractivity contribution in [2.24, 2.45) is 11.8 Å². The lowest BCUT2D eigenvalue weighted by Crippen LogP contribution is -2.55. The Balaban J connectivity index is 1.59. The van der Waals surface area contributed by atoms with Crippen LogP contribution < -0.4 is 5.32 Å². The maximum absolute atomic E-state index is 13.3. The zero-order valence-corrected chi connectivity index (χ0v) is 19.3. The summed E-state index contributed by atoms with van der Waals surface area (Å²) in [6.45, 7) is 3.06. The largest absolute Gasteiger partial charge is 0.478 e. The molecule has 2 N–H and O–H groups in total. The molecule has 1 aliphatic heterocycles. The van der Waals surface area contributed by atoms with Crippen LogP contribution >= 0.6 is 0 Å². The Morgan fingerprint density at radius 3 is 2.18 bits per heavy atom. The first-order chi connectivity index (χ1) is 16.0. The van der Waals surface area contributed by atoms with Crippen molar-refractivity contribution in [3.63, 3.8) is 0 Å². The molecule has 7 nitrogen and oxygen atoms in total. The molecule has 2 aliphatic rings. The van der Waals surface area contributed by atoms with Crippen molar-refractivity contribution in [2.75, 3.05) is 19.7 Å². The molecule has 2 amide bonds. The van der Waals surface area contributed by atoms with Crippen molar-refractivity contribution in [2.45, 2.75) is 63.8 Å². The number of carboxylic acid groups (broad SMARTS) is 1. The maximum Gasteiger partial charge on any atom is 0.394 e. The molecule has 0 radical (unpaired) electrons. The van der Waals surface area contributed by atoms with Crippen LogP contribution in [-0.4, -0.2) is 65.8 Å². The predicted octanol–water partition coefficient (Wildman–Crippen LogP) is 3.59. The first kappa shape index (κ1) is 26.0. The van der Waals surface area contributed by atoms with E-state index in [0.29, 0.717) is 38.8 Å². The summed E-state index contributed by atoms with van der Waals surface area (Å²) < 4.78 is 45.4. The highest BCUT2D eigenvalue weighted by molar-refractivity contribution is 5.88. The van der Waals surface area contributed by atoms with E-state index >= 15 is 0 Å². The Hall–Kier alpha value is -2.62. The van der Waals surface area contributed by atoms with Gasteiger partial charge in [-0.3, -0.25) is 9.59 Å². The van der Waals surface area contributed by atoms with E-state index in [1.54, 1.807) is 29.2 Å². The van der Waals surface area contributed by atoms with Crippen molar-refractivity contribution in [1.29, 1.82) is 0 Å². The zero-order chi connectivity index (χ0) is 25.0. The molecule has 10 heteroatoms. The Labute approximate surface area is 196 Å². The first-order valence-electron chi connectivity index (χ1n) is 11.5. The van der Waals surface area contributed by atoms with Gasteiger partial charge < -0.3 is 20.1 Å². The van der Waals surface area contributed by atoms with Crippen molar-refractivity contribution in [1.82, 2.24) is 10.2 Å². The van der Waals surface area contributed by atoms with Gasteiger partial charge in [0.15, 0.2) is 0 Å². The SMILES string of the molecule is CC(=O)N[C@H](C(=O)N1CCC(c2ccc(C(=O)O)cc2)CC1)[C@@H](C)OCC(C1CC1)C(F)(F)F. The lowest BCUT2D eigenvalue weighted by Gasteiger charge is -2.36. The number of hydrogen-bond acceptors (Lipinski definition) is 4. The Morgan fingerprint density at radius 1 is 1.12 bits per heavy atom. The molecular formula is C24H31F3N2O5. The van der Waals surface area contributed by atoms with E-state index in [-0.39, 0.29) is 17.4 Å². The number of aromatic carboxylic acids is 1. The van der Waals surface area contributed by atoms with Gasteiger partial charge in [-0.15, -0.1) is 0 Å². The molecule has 1 unspecified atom stereocenters. The second kappa shape index (κ2) is 10.8.